The maximum atomic E-state index is 5.79. The van der Waals surface area contributed by atoms with Gasteiger partial charge in [-0.05, 0) is 41.5 Å². The molecule has 0 saturated carbocycles. The second-order valence-electron chi connectivity index (χ2n) is 4.74. The van der Waals surface area contributed by atoms with E-state index in [0.29, 0.717) is 0 Å². The topological polar surface area (TPSA) is 9.23 Å². The third-order valence-electron chi connectivity index (χ3n) is 3.19. The van der Waals surface area contributed by atoms with Crippen LogP contribution in [0.1, 0.15) is 45.4 Å². The molecule has 0 amide bonds. The number of fused-ring (bicyclic) bond motifs is 1. The van der Waals surface area contributed by atoms with Crippen molar-refractivity contribution in [1.29, 1.82) is 0 Å². The zero-order chi connectivity index (χ0) is 12.6. The molecule has 2 heteroatoms. The SMILES string of the molecule is CCCCCCCCOc1ccc2sccc2c1. The summed E-state index contributed by atoms with van der Waals surface area (Å²) in [6, 6.07) is 8.52. The Morgan fingerprint density at radius 3 is 2.72 bits per heavy atom. The predicted molar refractivity (Wildman–Crippen MR) is 80.7 cm³/mol. The van der Waals surface area contributed by atoms with Gasteiger partial charge in [0, 0.05) is 4.70 Å². The molecule has 0 aliphatic carbocycles. The summed E-state index contributed by atoms with van der Waals surface area (Å²) in [5.41, 5.74) is 0. The molecule has 0 bridgehead atoms. The van der Waals surface area contributed by atoms with Gasteiger partial charge in [-0.2, -0.15) is 0 Å². The molecule has 2 aromatic rings. The molecule has 98 valence electrons. The average Bonchev–Trinajstić information content (AvgIpc) is 2.85. The smallest absolute Gasteiger partial charge is 0.119 e. The minimum Gasteiger partial charge on any atom is -0.494 e. The van der Waals surface area contributed by atoms with Gasteiger partial charge in [-0.1, -0.05) is 39.0 Å². The normalized spacial score (nSPS) is 10.9. The second-order valence-corrected chi connectivity index (χ2v) is 5.68. The first-order valence-corrected chi connectivity index (χ1v) is 7.88. The Hall–Kier alpha value is -1.02. The molecule has 0 atom stereocenters. The summed E-state index contributed by atoms with van der Waals surface area (Å²) in [5.74, 6) is 1.01. The molecule has 1 aromatic heterocycles. The first-order valence-electron chi connectivity index (χ1n) is 7.00. The fourth-order valence-corrected chi connectivity index (χ4v) is 2.88. The van der Waals surface area contributed by atoms with Crippen molar-refractivity contribution in [3.05, 3.63) is 29.6 Å². The average molecular weight is 262 g/mol. The van der Waals surface area contributed by atoms with Crippen LogP contribution >= 0.6 is 11.3 Å². The fraction of sp³-hybridized carbons (Fsp3) is 0.500. The first kappa shape index (κ1) is 13.4. The highest BCUT2D eigenvalue weighted by Crippen LogP contribution is 2.25. The quantitative estimate of drug-likeness (QED) is 0.559. The van der Waals surface area contributed by atoms with Crippen LogP contribution in [-0.4, -0.2) is 6.61 Å². The summed E-state index contributed by atoms with van der Waals surface area (Å²) in [6.07, 6.45) is 7.87. The molecule has 0 saturated heterocycles. The van der Waals surface area contributed by atoms with Crippen molar-refractivity contribution >= 4 is 21.4 Å². The van der Waals surface area contributed by atoms with E-state index in [1.54, 1.807) is 11.3 Å². The van der Waals surface area contributed by atoms with E-state index in [1.165, 1.54) is 48.6 Å². The molecule has 0 aliphatic rings. The van der Waals surface area contributed by atoms with Gasteiger partial charge in [0.05, 0.1) is 6.61 Å². The Morgan fingerprint density at radius 2 is 1.83 bits per heavy atom. The highest BCUT2D eigenvalue weighted by molar-refractivity contribution is 7.17. The largest absolute Gasteiger partial charge is 0.494 e. The van der Waals surface area contributed by atoms with Crippen LogP contribution < -0.4 is 4.74 Å². The van der Waals surface area contributed by atoms with Crippen molar-refractivity contribution in [2.75, 3.05) is 6.61 Å². The van der Waals surface area contributed by atoms with Crippen LogP contribution in [0.4, 0.5) is 0 Å². The van der Waals surface area contributed by atoms with Gasteiger partial charge >= 0.3 is 0 Å². The summed E-state index contributed by atoms with van der Waals surface area (Å²) in [6.45, 7) is 3.10. The van der Waals surface area contributed by atoms with Crippen molar-refractivity contribution in [2.24, 2.45) is 0 Å². The number of hydrogen-bond acceptors (Lipinski definition) is 2. The van der Waals surface area contributed by atoms with Crippen LogP contribution in [0.2, 0.25) is 0 Å². The Labute approximate surface area is 114 Å². The third kappa shape index (κ3) is 4.02. The zero-order valence-corrected chi connectivity index (χ0v) is 12.0. The van der Waals surface area contributed by atoms with Crippen LogP contribution in [-0.2, 0) is 0 Å². The Bertz CT molecular complexity index is 461. The fourth-order valence-electron chi connectivity index (χ4n) is 2.11. The molecule has 0 N–H and O–H groups in total. The number of rotatable bonds is 8. The zero-order valence-electron chi connectivity index (χ0n) is 11.2. The molecule has 0 aliphatic heterocycles. The number of unbranched alkanes of at least 4 members (excludes halogenated alkanes) is 5. The van der Waals surface area contributed by atoms with Crippen LogP contribution in [0, 0.1) is 0 Å². The lowest BCUT2D eigenvalue weighted by Gasteiger charge is -2.06. The Kier molecular flexibility index (Phi) is 5.53. The molecule has 0 unspecified atom stereocenters. The van der Waals surface area contributed by atoms with Crippen molar-refractivity contribution in [1.82, 2.24) is 0 Å². The van der Waals surface area contributed by atoms with Crippen molar-refractivity contribution < 1.29 is 4.74 Å². The lowest BCUT2D eigenvalue weighted by Crippen LogP contribution is -1.96. The molecular weight excluding hydrogens is 240 g/mol. The lowest BCUT2D eigenvalue weighted by atomic mass is 10.1. The summed E-state index contributed by atoms with van der Waals surface area (Å²) in [5, 5.41) is 3.42. The van der Waals surface area contributed by atoms with Gasteiger partial charge in [0.1, 0.15) is 5.75 Å². The number of hydrogen-bond donors (Lipinski definition) is 0. The van der Waals surface area contributed by atoms with Crippen molar-refractivity contribution in [3.63, 3.8) is 0 Å². The van der Waals surface area contributed by atoms with Crippen LogP contribution in [0.25, 0.3) is 10.1 Å². The van der Waals surface area contributed by atoms with Gasteiger partial charge in [-0.3, -0.25) is 0 Å². The third-order valence-corrected chi connectivity index (χ3v) is 4.09. The Morgan fingerprint density at radius 1 is 1.00 bits per heavy atom. The Balaban J connectivity index is 1.67. The number of ether oxygens (including phenoxy) is 1. The van der Waals surface area contributed by atoms with E-state index in [1.807, 2.05) is 0 Å². The van der Waals surface area contributed by atoms with E-state index in [4.69, 9.17) is 4.74 Å². The standard InChI is InChI=1S/C16H22OS/c1-2-3-4-5-6-7-11-17-15-8-9-16-14(13-15)10-12-18-16/h8-10,12-13H,2-7,11H2,1H3. The molecule has 1 aromatic carbocycles. The molecule has 0 fully saturated rings. The summed E-state index contributed by atoms with van der Waals surface area (Å²) < 4.78 is 7.13. The monoisotopic (exact) mass is 262 g/mol. The minimum absolute atomic E-state index is 0.849. The van der Waals surface area contributed by atoms with E-state index < -0.39 is 0 Å². The molecule has 1 nitrogen and oxygen atoms in total. The van der Waals surface area contributed by atoms with E-state index in [0.717, 1.165) is 12.4 Å². The van der Waals surface area contributed by atoms with Gasteiger partial charge in [-0.15, -0.1) is 11.3 Å². The van der Waals surface area contributed by atoms with Gasteiger partial charge in [0.2, 0.25) is 0 Å². The number of benzene rings is 1. The van der Waals surface area contributed by atoms with Crippen molar-refractivity contribution in [2.45, 2.75) is 45.4 Å². The van der Waals surface area contributed by atoms with Gasteiger partial charge < -0.3 is 4.74 Å². The maximum Gasteiger partial charge on any atom is 0.119 e. The molecular formula is C16H22OS. The van der Waals surface area contributed by atoms with Crippen LogP contribution in [0.5, 0.6) is 5.75 Å². The first-order chi connectivity index (χ1) is 8.90. The van der Waals surface area contributed by atoms with E-state index in [9.17, 15) is 0 Å². The molecule has 0 spiro atoms. The molecule has 18 heavy (non-hydrogen) atoms. The van der Waals surface area contributed by atoms with E-state index >= 15 is 0 Å². The van der Waals surface area contributed by atoms with Crippen LogP contribution in [0.3, 0.4) is 0 Å². The summed E-state index contributed by atoms with van der Waals surface area (Å²) in [7, 11) is 0. The van der Waals surface area contributed by atoms with E-state index in [-0.39, 0.29) is 0 Å². The molecule has 1 heterocycles. The van der Waals surface area contributed by atoms with Crippen LogP contribution in [0.15, 0.2) is 29.6 Å². The lowest BCUT2D eigenvalue weighted by molar-refractivity contribution is 0.305. The van der Waals surface area contributed by atoms with E-state index in [2.05, 4.69) is 36.6 Å². The minimum atomic E-state index is 0.849. The number of thiophene rings is 1. The molecule has 0 radical (unpaired) electrons. The highest BCUT2D eigenvalue weighted by atomic mass is 32.1. The van der Waals surface area contributed by atoms with Crippen molar-refractivity contribution in [3.8, 4) is 5.75 Å². The second kappa shape index (κ2) is 7.42. The molecule has 2 rings (SSSR count). The van der Waals surface area contributed by atoms with Gasteiger partial charge in [0.25, 0.3) is 0 Å². The summed E-state index contributed by atoms with van der Waals surface area (Å²) >= 11 is 1.78. The predicted octanol–water partition coefficient (Wildman–Crippen LogP) is 5.64. The summed E-state index contributed by atoms with van der Waals surface area (Å²) in [4.78, 5) is 0. The maximum absolute atomic E-state index is 5.79. The highest BCUT2D eigenvalue weighted by Gasteiger charge is 1.98. The van der Waals surface area contributed by atoms with Gasteiger partial charge in [-0.25, -0.2) is 0 Å². The van der Waals surface area contributed by atoms with Gasteiger partial charge in [0.15, 0.2) is 0 Å².